The van der Waals surface area contributed by atoms with Crippen molar-refractivity contribution in [2.75, 3.05) is 31.3 Å². The lowest BCUT2D eigenvalue weighted by Crippen LogP contribution is -2.32. The van der Waals surface area contributed by atoms with E-state index in [4.69, 9.17) is 19.6 Å². The summed E-state index contributed by atoms with van der Waals surface area (Å²) in [6.45, 7) is 4.35. The predicted molar refractivity (Wildman–Crippen MR) is 147 cm³/mol. The predicted octanol–water partition coefficient (Wildman–Crippen LogP) is 6.09. The number of ether oxygens (including phenoxy) is 2. The van der Waals surface area contributed by atoms with E-state index in [-0.39, 0.29) is 5.82 Å². The van der Waals surface area contributed by atoms with Gasteiger partial charge in [0.2, 0.25) is 0 Å². The minimum atomic E-state index is -0.268. The summed E-state index contributed by atoms with van der Waals surface area (Å²) in [6.07, 6.45) is 3.32. The van der Waals surface area contributed by atoms with Crippen LogP contribution in [-0.4, -0.2) is 42.2 Å². The van der Waals surface area contributed by atoms with Gasteiger partial charge in [-0.15, -0.1) is 0 Å². The molecule has 1 aliphatic heterocycles. The van der Waals surface area contributed by atoms with Crippen LogP contribution in [0.25, 0.3) is 22.2 Å². The number of fused-ring (bicyclic) bond motifs is 2. The average Bonchev–Trinajstić information content (AvgIpc) is 3.61. The van der Waals surface area contributed by atoms with Crippen LogP contribution in [0.4, 0.5) is 16.1 Å². The number of benzene rings is 3. The van der Waals surface area contributed by atoms with E-state index in [0.29, 0.717) is 36.3 Å². The van der Waals surface area contributed by atoms with Crippen LogP contribution in [0.2, 0.25) is 0 Å². The van der Waals surface area contributed by atoms with E-state index < -0.39 is 0 Å². The molecule has 1 saturated carbocycles. The molecule has 7 nitrogen and oxygen atoms in total. The van der Waals surface area contributed by atoms with E-state index in [0.717, 1.165) is 71.6 Å². The highest BCUT2D eigenvalue weighted by atomic mass is 19.1. The quantitative estimate of drug-likeness (QED) is 0.274. The molecule has 3 N–H and O–H groups in total. The molecular formula is C30H33FN4O3. The number of hydrogen-bond acceptors (Lipinski definition) is 7. The van der Waals surface area contributed by atoms with Gasteiger partial charge in [0.25, 0.3) is 6.01 Å². The lowest BCUT2D eigenvalue weighted by atomic mass is 9.99. The summed E-state index contributed by atoms with van der Waals surface area (Å²) in [4.78, 5) is 7.17. The molecule has 6 rings (SSSR count). The lowest BCUT2D eigenvalue weighted by molar-refractivity contribution is 0.231. The second-order valence-electron chi connectivity index (χ2n) is 10.2. The molecule has 1 aromatic heterocycles. The Bertz CT molecular complexity index is 1440. The van der Waals surface area contributed by atoms with Gasteiger partial charge in [-0.2, -0.15) is 4.98 Å². The minimum absolute atomic E-state index is 0.268. The Balaban J connectivity index is 1.19. The average molecular weight is 517 g/mol. The van der Waals surface area contributed by atoms with E-state index in [2.05, 4.69) is 27.3 Å². The number of methoxy groups -OCH3 is 1. The smallest absolute Gasteiger partial charge is 0.295 e. The third-order valence-electron chi connectivity index (χ3n) is 7.89. The fourth-order valence-electron chi connectivity index (χ4n) is 6.22. The first-order chi connectivity index (χ1) is 18.5. The summed E-state index contributed by atoms with van der Waals surface area (Å²) < 4.78 is 31.3. The number of anilines is 2. The molecule has 4 aromatic rings. The molecule has 38 heavy (non-hydrogen) atoms. The van der Waals surface area contributed by atoms with Crippen molar-refractivity contribution in [3.8, 4) is 22.6 Å². The van der Waals surface area contributed by atoms with Crippen molar-refractivity contribution in [1.29, 1.82) is 0 Å². The van der Waals surface area contributed by atoms with Crippen LogP contribution >= 0.6 is 0 Å². The second kappa shape index (κ2) is 10.2. The molecule has 8 heteroatoms. The number of nitrogens with two attached hydrogens (primary N) is 1. The third kappa shape index (κ3) is 4.65. The normalized spacial score (nSPS) is 21.1. The highest BCUT2D eigenvalue weighted by Gasteiger charge is 2.44. The number of likely N-dealkylation sites (tertiary alicyclic amines) is 1. The highest BCUT2D eigenvalue weighted by Crippen LogP contribution is 2.43. The molecule has 1 saturated heterocycles. The summed E-state index contributed by atoms with van der Waals surface area (Å²) >= 11 is 0. The lowest BCUT2D eigenvalue weighted by Gasteiger charge is -2.25. The van der Waals surface area contributed by atoms with E-state index in [9.17, 15) is 4.39 Å². The maximum atomic E-state index is 13.6. The largest absolute Gasteiger partial charge is 0.496 e. The number of halogens is 1. The zero-order chi connectivity index (χ0) is 26.2. The Labute approximate surface area is 221 Å². The van der Waals surface area contributed by atoms with Crippen molar-refractivity contribution < 1.29 is 18.3 Å². The number of nitrogen functional groups attached to an aromatic ring is 1. The van der Waals surface area contributed by atoms with E-state index >= 15 is 0 Å². The molecule has 1 unspecified atom stereocenters. The first-order valence-electron chi connectivity index (χ1n) is 13.3. The van der Waals surface area contributed by atoms with Gasteiger partial charge in [-0.25, -0.2) is 4.39 Å². The molecule has 0 amide bonds. The Kier molecular flexibility index (Phi) is 6.57. The SMILES string of the molecule is CCOc1cc(CN2CC[C@H]3C(Nc4nc5cc(N)ccc5o4)CC[C@H]32)cc(OC)c1-c1ccc(F)cc1. The number of oxazole rings is 1. The summed E-state index contributed by atoms with van der Waals surface area (Å²) in [5, 5.41) is 3.57. The van der Waals surface area contributed by atoms with Gasteiger partial charge in [-0.1, -0.05) is 12.1 Å². The zero-order valence-electron chi connectivity index (χ0n) is 21.7. The number of nitrogens with zero attached hydrogens (tertiary/aromatic N) is 2. The van der Waals surface area contributed by atoms with Crippen molar-refractivity contribution in [3.05, 3.63) is 66.0 Å². The summed E-state index contributed by atoms with van der Waals surface area (Å²) in [5.41, 5.74) is 11.0. The molecule has 1 aliphatic carbocycles. The molecule has 2 heterocycles. The minimum Gasteiger partial charge on any atom is -0.496 e. The van der Waals surface area contributed by atoms with Gasteiger partial charge in [0.15, 0.2) is 5.58 Å². The molecule has 198 valence electrons. The van der Waals surface area contributed by atoms with Crippen molar-refractivity contribution in [3.63, 3.8) is 0 Å². The Hall–Kier alpha value is -3.78. The standard InChI is InChI=1S/C30H33FN4O3/c1-3-37-28-15-18(14-27(36-2)29(28)19-4-6-20(31)7-5-19)17-35-13-12-22-23(9-10-25(22)35)33-30-34-24-16-21(32)8-11-26(24)38-30/h4-8,11,14-16,22-23,25H,3,9-10,12-13,17,32H2,1-2H3,(H,33,34)/t22-,23?,25+/m0/s1. The molecule has 0 spiro atoms. The van der Waals surface area contributed by atoms with Crippen molar-refractivity contribution in [1.82, 2.24) is 9.88 Å². The Morgan fingerprint density at radius 2 is 1.89 bits per heavy atom. The topological polar surface area (TPSA) is 85.8 Å². The fraction of sp³-hybridized carbons (Fsp3) is 0.367. The number of nitrogens with one attached hydrogen (secondary N) is 1. The number of hydrogen-bond donors (Lipinski definition) is 2. The van der Waals surface area contributed by atoms with E-state index in [1.165, 1.54) is 12.1 Å². The van der Waals surface area contributed by atoms with Crippen molar-refractivity contribution in [2.45, 2.75) is 44.8 Å². The van der Waals surface area contributed by atoms with Crippen molar-refractivity contribution in [2.24, 2.45) is 5.92 Å². The van der Waals surface area contributed by atoms with Gasteiger partial charge < -0.3 is 24.9 Å². The van der Waals surface area contributed by atoms with Gasteiger partial charge in [-0.05, 0) is 92.2 Å². The van der Waals surface area contributed by atoms with Crippen LogP contribution in [0.5, 0.6) is 11.5 Å². The molecule has 2 fully saturated rings. The highest BCUT2D eigenvalue weighted by molar-refractivity contribution is 5.78. The summed E-state index contributed by atoms with van der Waals surface area (Å²) in [6, 6.07) is 17.6. The second-order valence-corrected chi connectivity index (χ2v) is 10.2. The van der Waals surface area contributed by atoms with Crippen molar-refractivity contribution >= 4 is 22.8 Å². The monoisotopic (exact) mass is 516 g/mol. The van der Waals surface area contributed by atoms with Crippen LogP contribution in [0.3, 0.4) is 0 Å². The van der Waals surface area contributed by atoms with Crippen LogP contribution in [0.15, 0.2) is 59.0 Å². The maximum absolute atomic E-state index is 13.6. The first kappa shape index (κ1) is 24.6. The van der Waals surface area contributed by atoms with Gasteiger partial charge in [0, 0.05) is 24.3 Å². The van der Waals surface area contributed by atoms with Gasteiger partial charge in [0.1, 0.15) is 22.8 Å². The molecular weight excluding hydrogens is 483 g/mol. The molecule has 3 aromatic carbocycles. The zero-order valence-corrected chi connectivity index (χ0v) is 21.7. The Morgan fingerprint density at radius 3 is 2.68 bits per heavy atom. The molecule has 0 bridgehead atoms. The van der Waals surface area contributed by atoms with Crippen LogP contribution < -0.4 is 20.5 Å². The van der Waals surface area contributed by atoms with Gasteiger partial charge in [-0.3, -0.25) is 4.90 Å². The number of aromatic nitrogens is 1. The fourth-order valence-corrected chi connectivity index (χ4v) is 6.22. The first-order valence-corrected chi connectivity index (χ1v) is 13.3. The molecule has 0 radical (unpaired) electrons. The molecule has 3 atom stereocenters. The van der Waals surface area contributed by atoms with Gasteiger partial charge in [0.05, 0.1) is 19.3 Å². The van der Waals surface area contributed by atoms with Crippen LogP contribution in [0.1, 0.15) is 31.7 Å². The number of rotatable bonds is 8. The maximum Gasteiger partial charge on any atom is 0.295 e. The summed E-state index contributed by atoms with van der Waals surface area (Å²) in [7, 11) is 1.67. The van der Waals surface area contributed by atoms with E-state index in [1.54, 1.807) is 19.2 Å². The van der Waals surface area contributed by atoms with Crippen LogP contribution in [-0.2, 0) is 6.54 Å². The third-order valence-corrected chi connectivity index (χ3v) is 7.89. The van der Waals surface area contributed by atoms with E-state index in [1.807, 2.05) is 25.1 Å². The Morgan fingerprint density at radius 1 is 1.08 bits per heavy atom. The summed E-state index contributed by atoms with van der Waals surface area (Å²) in [5.74, 6) is 1.75. The van der Waals surface area contributed by atoms with Crippen LogP contribution in [0, 0.1) is 11.7 Å². The van der Waals surface area contributed by atoms with Gasteiger partial charge >= 0.3 is 0 Å². The molecule has 2 aliphatic rings.